The lowest BCUT2D eigenvalue weighted by Crippen LogP contribution is -2.18. The molecule has 0 spiro atoms. The molecule has 8 nitrogen and oxygen atoms in total. The van der Waals surface area contributed by atoms with E-state index in [1.807, 2.05) is 32.0 Å². The normalized spacial score (nSPS) is 15.0. The number of fused-ring (bicyclic) bond motifs is 1. The molecular weight excluding hydrogens is 398 g/mol. The Morgan fingerprint density at radius 3 is 2.58 bits per heavy atom. The van der Waals surface area contributed by atoms with Crippen LogP contribution < -0.4 is 20.1 Å². The standard InChI is InChI=1S/C23H27N3O5/c1-5-29-22-11-18-10-14(2)31-21(18)12-20(22)25-23(28)13-30-26-15(3)17-6-8-19(9-7-17)24-16(4)27/h6-9,11-12,14H,5,10,13H2,1-4H3,(H,24,27)(H,25,28)/b26-15-. The first kappa shape index (κ1) is 22.1. The molecule has 1 unspecified atom stereocenters. The number of amides is 2. The molecule has 2 N–H and O–H groups in total. The highest BCUT2D eigenvalue weighted by atomic mass is 16.6. The molecule has 1 atom stereocenters. The second kappa shape index (κ2) is 9.97. The number of carbonyl (C=O) groups excluding carboxylic acids is 2. The largest absolute Gasteiger partial charge is 0.492 e. The average molecular weight is 425 g/mol. The molecule has 0 bridgehead atoms. The number of nitrogens with one attached hydrogen (secondary N) is 2. The van der Waals surface area contributed by atoms with Crippen LogP contribution in [0.2, 0.25) is 0 Å². The van der Waals surface area contributed by atoms with Crippen LogP contribution in [0.4, 0.5) is 11.4 Å². The Labute approximate surface area is 181 Å². The van der Waals surface area contributed by atoms with Crippen molar-refractivity contribution in [3.05, 3.63) is 47.5 Å². The summed E-state index contributed by atoms with van der Waals surface area (Å²) >= 11 is 0. The van der Waals surface area contributed by atoms with Gasteiger partial charge in [0.05, 0.1) is 18.0 Å². The highest BCUT2D eigenvalue weighted by molar-refractivity contribution is 5.99. The molecule has 0 saturated carbocycles. The van der Waals surface area contributed by atoms with Crippen LogP contribution in [0.1, 0.15) is 38.8 Å². The summed E-state index contributed by atoms with van der Waals surface area (Å²) in [5, 5.41) is 9.51. The van der Waals surface area contributed by atoms with Gasteiger partial charge in [-0.2, -0.15) is 0 Å². The zero-order valence-corrected chi connectivity index (χ0v) is 18.2. The van der Waals surface area contributed by atoms with E-state index in [9.17, 15) is 9.59 Å². The number of hydrogen-bond donors (Lipinski definition) is 2. The Hall–Kier alpha value is -3.55. The number of carbonyl (C=O) groups is 2. The molecule has 2 aromatic rings. The molecule has 2 aromatic carbocycles. The molecule has 0 saturated heterocycles. The molecule has 1 heterocycles. The molecule has 3 rings (SSSR count). The van der Waals surface area contributed by atoms with E-state index in [4.69, 9.17) is 14.3 Å². The third-order valence-corrected chi connectivity index (χ3v) is 4.59. The Morgan fingerprint density at radius 2 is 1.90 bits per heavy atom. The van der Waals surface area contributed by atoms with Crippen LogP contribution in [0.5, 0.6) is 11.5 Å². The van der Waals surface area contributed by atoms with Crippen molar-refractivity contribution in [2.45, 2.75) is 40.2 Å². The summed E-state index contributed by atoms with van der Waals surface area (Å²) in [6.07, 6.45) is 0.912. The van der Waals surface area contributed by atoms with E-state index in [0.717, 1.165) is 23.3 Å². The second-order valence-electron chi connectivity index (χ2n) is 7.28. The third kappa shape index (κ3) is 5.97. The number of hydrogen-bond acceptors (Lipinski definition) is 6. The van der Waals surface area contributed by atoms with Crippen LogP contribution in [-0.4, -0.2) is 36.8 Å². The van der Waals surface area contributed by atoms with Crippen LogP contribution in [0.15, 0.2) is 41.6 Å². The Balaban J connectivity index is 1.59. The van der Waals surface area contributed by atoms with Gasteiger partial charge in [0.25, 0.3) is 5.91 Å². The lowest BCUT2D eigenvalue weighted by atomic mass is 10.1. The fraction of sp³-hybridized carbons (Fsp3) is 0.348. The molecule has 1 aliphatic rings. The minimum atomic E-state index is -0.357. The van der Waals surface area contributed by atoms with Gasteiger partial charge in [0.1, 0.15) is 17.6 Å². The second-order valence-corrected chi connectivity index (χ2v) is 7.28. The van der Waals surface area contributed by atoms with Gasteiger partial charge in [-0.25, -0.2) is 0 Å². The van der Waals surface area contributed by atoms with E-state index >= 15 is 0 Å². The molecule has 0 aromatic heterocycles. The van der Waals surface area contributed by atoms with E-state index in [-0.39, 0.29) is 24.5 Å². The van der Waals surface area contributed by atoms with Gasteiger partial charge in [0.2, 0.25) is 5.91 Å². The van der Waals surface area contributed by atoms with Gasteiger partial charge in [-0.1, -0.05) is 17.3 Å². The molecule has 0 fully saturated rings. The fourth-order valence-corrected chi connectivity index (χ4v) is 3.24. The van der Waals surface area contributed by atoms with Crippen LogP contribution in [-0.2, 0) is 20.8 Å². The highest BCUT2D eigenvalue weighted by Crippen LogP contribution is 2.38. The van der Waals surface area contributed by atoms with Crippen LogP contribution in [0.3, 0.4) is 0 Å². The summed E-state index contributed by atoms with van der Waals surface area (Å²) < 4.78 is 11.4. The maximum Gasteiger partial charge on any atom is 0.265 e. The minimum absolute atomic E-state index is 0.100. The van der Waals surface area contributed by atoms with Crippen molar-refractivity contribution in [1.82, 2.24) is 0 Å². The summed E-state index contributed by atoms with van der Waals surface area (Å²) in [5.41, 5.74) is 3.73. The Bertz CT molecular complexity index is 985. The minimum Gasteiger partial charge on any atom is -0.492 e. The summed E-state index contributed by atoms with van der Waals surface area (Å²) in [5.74, 6) is 0.865. The zero-order valence-electron chi connectivity index (χ0n) is 18.2. The molecular formula is C23H27N3O5. The predicted molar refractivity (Wildman–Crippen MR) is 119 cm³/mol. The van der Waals surface area contributed by atoms with E-state index in [1.54, 1.807) is 25.1 Å². The lowest BCUT2D eigenvalue weighted by molar-refractivity contribution is -0.120. The van der Waals surface area contributed by atoms with Crippen LogP contribution in [0.25, 0.3) is 0 Å². The Kier molecular flexibility index (Phi) is 7.12. The molecule has 0 radical (unpaired) electrons. The average Bonchev–Trinajstić information content (AvgIpc) is 3.07. The van der Waals surface area contributed by atoms with Crippen LogP contribution >= 0.6 is 0 Å². The van der Waals surface area contributed by atoms with Crippen molar-refractivity contribution < 1.29 is 23.9 Å². The molecule has 1 aliphatic heterocycles. The van der Waals surface area contributed by atoms with E-state index in [2.05, 4.69) is 15.8 Å². The van der Waals surface area contributed by atoms with Gasteiger partial charge in [0, 0.05) is 30.7 Å². The van der Waals surface area contributed by atoms with E-state index in [0.29, 0.717) is 29.4 Å². The summed E-state index contributed by atoms with van der Waals surface area (Å²) in [7, 11) is 0. The molecule has 31 heavy (non-hydrogen) atoms. The van der Waals surface area contributed by atoms with Crippen molar-refractivity contribution >= 4 is 28.9 Å². The number of anilines is 2. The molecule has 0 aliphatic carbocycles. The van der Waals surface area contributed by atoms with Crippen molar-refractivity contribution in [3.8, 4) is 11.5 Å². The topological polar surface area (TPSA) is 98.3 Å². The zero-order chi connectivity index (χ0) is 22.4. The van der Waals surface area contributed by atoms with E-state index < -0.39 is 0 Å². The summed E-state index contributed by atoms with van der Waals surface area (Å²) in [6, 6.07) is 10.9. The third-order valence-electron chi connectivity index (χ3n) is 4.59. The van der Waals surface area contributed by atoms with Gasteiger partial charge in [-0.05, 0) is 44.5 Å². The van der Waals surface area contributed by atoms with Gasteiger partial charge < -0.3 is 24.9 Å². The number of oxime groups is 1. The number of rotatable bonds is 8. The summed E-state index contributed by atoms with van der Waals surface area (Å²) in [6.45, 7) is 7.35. The molecule has 164 valence electrons. The number of nitrogens with zero attached hydrogens (tertiary/aromatic N) is 1. The van der Waals surface area contributed by atoms with Crippen molar-refractivity contribution in [1.29, 1.82) is 0 Å². The van der Waals surface area contributed by atoms with Gasteiger partial charge in [-0.3, -0.25) is 9.59 Å². The van der Waals surface area contributed by atoms with Gasteiger partial charge in [-0.15, -0.1) is 0 Å². The lowest BCUT2D eigenvalue weighted by Gasteiger charge is -2.13. The Morgan fingerprint density at radius 1 is 1.16 bits per heavy atom. The first-order valence-electron chi connectivity index (χ1n) is 10.2. The number of benzene rings is 2. The van der Waals surface area contributed by atoms with Gasteiger partial charge in [0.15, 0.2) is 6.61 Å². The molecule has 8 heteroatoms. The first-order valence-corrected chi connectivity index (χ1v) is 10.2. The maximum atomic E-state index is 12.4. The maximum absolute atomic E-state index is 12.4. The highest BCUT2D eigenvalue weighted by Gasteiger charge is 2.22. The fourth-order valence-electron chi connectivity index (χ4n) is 3.24. The smallest absolute Gasteiger partial charge is 0.265 e. The molecule has 2 amide bonds. The van der Waals surface area contributed by atoms with Crippen molar-refractivity contribution in [2.24, 2.45) is 5.16 Å². The summed E-state index contributed by atoms with van der Waals surface area (Å²) in [4.78, 5) is 28.7. The van der Waals surface area contributed by atoms with Crippen molar-refractivity contribution in [2.75, 3.05) is 23.8 Å². The van der Waals surface area contributed by atoms with Crippen LogP contribution in [0, 0.1) is 0 Å². The van der Waals surface area contributed by atoms with Gasteiger partial charge >= 0.3 is 0 Å². The van der Waals surface area contributed by atoms with Crippen molar-refractivity contribution in [3.63, 3.8) is 0 Å². The predicted octanol–water partition coefficient (Wildman–Crippen LogP) is 3.75. The number of ether oxygens (including phenoxy) is 2. The quantitative estimate of drug-likeness (QED) is 0.496. The first-order chi connectivity index (χ1) is 14.9. The monoisotopic (exact) mass is 425 g/mol. The van der Waals surface area contributed by atoms with E-state index in [1.165, 1.54) is 6.92 Å². The SMILES string of the molecule is CCOc1cc2c(cc1NC(=O)CO/N=C(/C)c1ccc(NC(C)=O)cc1)OC(C)C2.